The van der Waals surface area contributed by atoms with Gasteiger partial charge in [0.2, 0.25) is 16.0 Å². The van der Waals surface area contributed by atoms with Gasteiger partial charge in [-0.25, -0.2) is 18.4 Å². The summed E-state index contributed by atoms with van der Waals surface area (Å²) in [6.07, 6.45) is 0. The molecule has 0 unspecified atom stereocenters. The maximum absolute atomic E-state index is 11.7. The van der Waals surface area contributed by atoms with E-state index in [0.29, 0.717) is 6.54 Å². The Morgan fingerprint density at radius 3 is 2.35 bits per heavy atom. The second-order valence-electron chi connectivity index (χ2n) is 3.75. The summed E-state index contributed by atoms with van der Waals surface area (Å²) in [6.45, 7) is 6.68. The van der Waals surface area contributed by atoms with Gasteiger partial charge in [0.25, 0.3) is 0 Å². The van der Waals surface area contributed by atoms with Crippen molar-refractivity contribution in [2.24, 2.45) is 0 Å². The first kappa shape index (κ1) is 13.9. The molecule has 0 fully saturated rings. The topological polar surface area (TPSA) is 84.0 Å². The molecule has 0 amide bonds. The van der Waals surface area contributed by atoms with E-state index in [0.717, 1.165) is 17.9 Å². The van der Waals surface area contributed by atoms with Crippen LogP contribution in [-0.2, 0) is 10.0 Å². The maximum atomic E-state index is 11.7. The van der Waals surface area contributed by atoms with Crippen LogP contribution < -0.4 is 10.0 Å². The van der Waals surface area contributed by atoms with Gasteiger partial charge in [-0.05, 0) is 26.5 Å². The molecule has 0 aliphatic heterocycles. The number of aromatic nitrogens is 2. The van der Waals surface area contributed by atoms with Crippen molar-refractivity contribution in [1.82, 2.24) is 15.3 Å². The van der Waals surface area contributed by atoms with Crippen molar-refractivity contribution < 1.29 is 8.42 Å². The van der Waals surface area contributed by atoms with Crippen LogP contribution in [0.2, 0.25) is 0 Å². The van der Waals surface area contributed by atoms with Crippen LogP contribution in [0.15, 0.2) is 6.07 Å². The third kappa shape index (κ3) is 5.10. The van der Waals surface area contributed by atoms with Crippen LogP contribution in [0.1, 0.15) is 18.3 Å². The second-order valence-corrected chi connectivity index (χ2v) is 5.59. The summed E-state index contributed by atoms with van der Waals surface area (Å²) in [5, 5.41) is 2.95. The number of aryl methyl sites for hydroxylation is 2. The van der Waals surface area contributed by atoms with E-state index < -0.39 is 10.0 Å². The van der Waals surface area contributed by atoms with Crippen LogP contribution in [0.5, 0.6) is 0 Å². The molecule has 0 radical (unpaired) electrons. The Labute approximate surface area is 102 Å². The minimum absolute atomic E-state index is 0.0111. The summed E-state index contributed by atoms with van der Waals surface area (Å²) in [4.78, 5) is 8.05. The fourth-order valence-electron chi connectivity index (χ4n) is 1.35. The largest absolute Gasteiger partial charge is 0.316 e. The Morgan fingerprint density at radius 1 is 1.24 bits per heavy atom. The lowest BCUT2D eigenvalue weighted by atomic mass is 10.4. The Bertz CT molecular complexity index is 453. The van der Waals surface area contributed by atoms with Crippen molar-refractivity contribution in [1.29, 1.82) is 0 Å². The number of rotatable bonds is 6. The fourth-order valence-corrected chi connectivity index (χ4v) is 2.23. The zero-order valence-electron chi connectivity index (χ0n) is 10.3. The zero-order valence-corrected chi connectivity index (χ0v) is 11.1. The van der Waals surface area contributed by atoms with Crippen molar-refractivity contribution in [3.8, 4) is 0 Å². The molecule has 0 bridgehead atoms. The van der Waals surface area contributed by atoms with E-state index in [1.165, 1.54) is 0 Å². The molecule has 2 N–H and O–H groups in total. The van der Waals surface area contributed by atoms with Gasteiger partial charge in [0, 0.05) is 17.9 Å². The number of nitrogens with one attached hydrogen (secondary N) is 2. The van der Waals surface area contributed by atoms with E-state index in [4.69, 9.17) is 0 Å². The van der Waals surface area contributed by atoms with Gasteiger partial charge in [-0.15, -0.1) is 0 Å². The van der Waals surface area contributed by atoms with E-state index >= 15 is 0 Å². The van der Waals surface area contributed by atoms with Crippen molar-refractivity contribution in [3.63, 3.8) is 0 Å². The second kappa shape index (κ2) is 5.92. The van der Waals surface area contributed by atoms with Crippen LogP contribution in [0.4, 0.5) is 5.95 Å². The molecular formula is C10H18N4O2S. The quantitative estimate of drug-likeness (QED) is 0.724. The third-order valence-electron chi connectivity index (χ3n) is 2.03. The molecule has 0 aliphatic rings. The molecule has 17 heavy (non-hydrogen) atoms. The molecule has 7 heteroatoms. The molecular weight excluding hydrogens is 240 g/mol. The average molecular weight is 258 g/mol. The van der Waals surface area contributed by atoms with Crippen LogP contribution in [0, 0.1) is 13.8 Å². The minimum atomic E-state index is -3.38. The van der Waals surface area contributed by atoms with E-state index in [1.54, 1.807) is 19.9 Å². The van der Waals surface area contributed by atoms with Gasteiger partial charge in [0.1, 0.15) is 0 Å². The van der Waals surface area contributed by atoms with Crippen molar-refractivity contribution in [2.75, 3.05) is 23.6 Å². The van der Waals surface area contributed by atoms with Crippen LogP contribution >= 0.6 is 0 Å². The molecule has 1 heterocycles. The van der Waals surface area contributed by atoms with Crippen molar-refractivity contribution in [3.05, 3.63) is 17.5 Å². The number of hydrogen-bond acceptors (Lipinski definition) is 5. The smallest absolute Gasteiger partial charge is 0.236 e. The summed E-state index contributed by atoms with van der Waals surface area (Å²) < 4.78 is 25.7. The standard InChI is InChI=1S/C10H18N4O2S/c1-4-11-5-6-17(15,16)14-10-12-8(2)7-9(3)13-10/h7,11H,4-6H2,1-3H3,(H,12,13,14). The first-order valence-corrected chi connectivity index (χ1v) is 7.11. The number of hydrogen-bond donors (Lipinski definition) is 2. The van der Waals surface area contributed by atoms with Gasteiger partial charge in [0.15, 0.2) is 0 Å². The molecule has 0 saturated carbocycles. The Kier molecular flexibility index (Phi) is 4.83. The summed E-state index contributed by atoms with van der Waals surface area (Å²) in [7, 11) is -3.38. The molecule has 1 aromatic rings. The molecule has 1 aromatic heterocycles. The molecule has 0 spiro atoms. The summed E-state index contributed by atoms with van der Waals surface area (Å²) in [5.41, 5.74) is 1.48. The fraction of sp³-hybridized carbons (Fsp3) is 0.600. The summed E-state index contributed by atoms with van der Waals surface area (Å²) in [6, 6.07) is 1.79. The van der Waals surface area contributed by atoms with Gasteiger partial charge in [-0.2, -0.15) is 0 Å². The highest BCUT2D eigenvalue weighted by Crippen LogP contribution is 2.05. The monoisotopic (exact) mass is 258 g/mol. The predicted molar refractivity (Wildman–Crippen MR) is 67.5 cm³/mol. The first-order valence-electron chi connectivity index (χ1n) is 5.46. The van der Waals surface area contributed by atoms with Crippen molar-refractivity contribution >= 4 is 16.0 Å². The van der Waals surface area contributed by atoms with Crippen LogP contribution in [-0.4, -0.2) is 37.2 Å². The van der Waals surface area contributed by atoms with E-state index in [9.17, 15) is 8.42 Å². The predicted octanol–water partition coefficient (Wildman–Crippen LogP) is 0.445. The maximum Gasteiger partial charge on any atom is 0.236 e. The van der Waals surface area contributed by atoms with Crippen LogP contribution in [0.25, 0.3) is 0 Å². The summed E-state index contributed by atoms with van der Waals surface area (Å²) >= 11 is 0. The third-order valence-corrected chi connectivity index (χ3v) is 3.26. The lowest BCUT2D eigenvalue weighted by molar-refractivity contribution is 0.596. The molecule has 0 aromatic carbocycles. The zero-order chi connectivity index (χ0) is 12.9. The normalized spacial score (nSPS) is 11.5. The Balaban J connectivity index is 2.69. The van der Waals surface area contributed by atoms with Gasteiger partial charge in [-0.3, -0.25) is 4.72 Å². The van der Waals surface area contributed by atoms with E-state index in [1.807, 2.05) is 6.92 Å². The van der Waals surface area contributed by atoms with Gasteiger partial charge >= 0.3 is 0 Å². The highest BCUT2D eigenvalue weighted by atomic mass is 32.2. The first-order chi connectivity index (χ1) is 7.93. The molecule has 0 aliphatic carbocycles. The average Bonchev–Trinajstić information content (AvgIpc) is 2.14. The van der Waals surface area contributed by atoms with E-state index in [-0.39, 0.29) is 11.7 Å². The molecule has 0 atom stereocenters. The lowest BCUT2D eigenvalue weighted by Crippen LogP contribution is -2.27. The highest BCUT2D eigenvalue weighted by Gasteiger charge is 2.11. The van der Waals surface area contributed by atoms with Gasteiger partial charge in [0.05, 0.1) is 5.75 Å². The molecule has 96 valence electrons. The highest BCUT2D eigenvalue weighted by molar-refractivity contribution is 7.92. The number of nitrogens with zero attached hydrogens (tertiary/aromatic N) is 2. The van der Waals surface area contributed by atoms with Gasteiger partial charge < -0.3 is 5.32 Å². The lowest BCUT2D eigenvalue weighted by Gasteiger charge is -2.07. The minimum Gasteiger partial charge on any atom is -0.316 e. The molecule has 6 nitrogen and oxygen atoms in total. The van der Waals surface area contributed by atoms with E-state index in [2.05, 4.69) is 20.0 Å². The molecule has 1 rings (SSSR count). The SMILES string of the molecule is CCNCCS(=O)(=O)Nc1nc(C)cc(C)n1. The van der Waals surface area contributed by atoms with Crippen LogP contribution in [0.3, 0.4) is 0 Å². The number of anilines is 1. The molecule has 0 saturated heterocycles. The Hall–Kier alpha value is -1.21. The number of sulfonamides is 1. The Morgan fingerprint density at radius 2 is 1.82 bits per heavy atom. The van der Waals surface area contributed by atoms with Crippen molar-refractivity contribution in [2.45, 2.75) is 20.8 Å². The van der Waals surface area contributed by atoms with Gasteiger partial charge in [-0.1, -0.05) is 6.92 Å². The summed E-state index contributed by atoms with van der Waals surface area (Å²) in [5.74, 6) is 0.149.